The zero-order chi connectivity index (χ0) is 16.1. The van der Waals surface area contributed by atoms with Gasteiger partial charge in [0.2, 0.25) is 0 Å². The molecule has 4 nitrogen and oxygen atoms in total. The molecule has 1 saturated heterocycles. The molecular formula is C18H24FN3O. The minimum Gasteiger partial charge on any atom is -0.383 e. The Bertz CT molecular complexity index is 611. The van der Waals surface area contributed by atoms with E-state index in [0.717, 1.165) is 26.1 Å². The lowest BCUT2D eigenvalue weighted by molar-refractivity contribution is 0.135. The summed E-state index contributed by atoms with van der Waals surface area (Å²) in [7, 11) is 1.71. The average Bonchev–Trinajstić information content (AvgIpc) is 3.01. The molecule has 124 valence electrons. The third kappa shape index (κ3) is 3.98. The number of piperidine rings is 1. The van der Waals surface area contributed by atoms with Crippen molar-refractivity contribution in [1.29, 1.82) is 0 Å². The van der Waals surface area contributed by atoms with Crippen molar-refractivity contribution in [3.8, 4) is 0 Å². The molecular weight excluding hydrogens is 293 g/mol. The van der Waals surface area contributed by atoms with E-state index < -0.39 is 0 Å². The summed E-state index contributed by atoms with van der Waals surface area (Å²) in [6.07, 6.45) is 7.36. The van der Waals surface area contributed by atoms with Gasteiger partial charge in [0.05, 0.1) is 18.6 Å². The average molecular weight is 317 g/mol. The maximum absolute atomic E-state index is 13.2. The van der Waals surface area contributed by atoms with E-state index in [1.54, 1.807) is 19.2 Å². The Morgan fingerprint density at radius 3 is 2.87 bits per heavy atom. The lowest BCUT2D eigenvalue weighted by Gasteiger charge is -2.36. The van der Waals surface area contributed by atoms with Crippen LogP contribution in [-0.4, -0.2) is 34.7 Å². The molecule has 1 fully saturated rings. The first-order chi connectivity index (χ1) is 11.3. The topological polar surface area (TPSA) is 30.3 Å². The second kappa shape index (κ2) is 7.70. The number of hydrogen-bond acceptors (Lipinski definition) is 3. The van der Waals surface area contributed by atoms with Gasteiger partial charge in [-0.25, -0.2) is 9.37 Å². The zero-order valence-corrected chi connectivity index (χ0v) is 13.6. The fourth-order valence-corrected chi connectivity index (χ4v) is 3.32. The van der Waals surface area contributed by atoms with E-state index >= 15 is 0 Å². The Morgan fingerprint density at radius 1 is 1.26 bits per heavy atom. The maximum Gasteiger partial charge on any atom is 0.123 e. The van der Waals surface area contributed by atoms with Crippen molar-refractivity contribution in [2.45, 2.75) is 38.4 Å². The molecule has 1 atom stereocenters. The predicted molar refractivity (Wildman–Crippen MR) is 87.5 cm³/mol. The fraction of sp³-hybridized carbons (Fsp3) is 0.500. The molecule has 0 unspecified atom stereocenters. The van der Waals surface area contributed by atoms with Crippen LogP contribution in [0.1, 0.15) is 36.6 Å². The number of hydrogen-bond donors (Lipinski definition) is 0. The van der Waals surface area contributed by atoms with Crippen molar-refractivity contribution in [1.82, 2.24) is 14.5 Å². The molecule has 0 saturated carbocycles. The van der Waals surface area contributed by atoms with Crippen molar-refractivity contribution in [3.63, 3.8) is 0 Å². The summed E-state index contributed by atoms with van der Waals surface area (Å²) in [5.74, 6) is -0.172. The Kier molecular flexibility index (Phi) is 5.41. The number of ether oxygens (including phenoxy) is 1. The van der Waals surface area contributed by atoms with Crippen molar-refractivity contribution in [2.75, 3.05) is 20.3 Å². The van der Waals surface area contributed by atoms with Crippen molar-refractivity contribution in [3.05, 3.63) is 53.9 Å². The van der Waals surface area contributed by atoms with Crippen molar-refractivity contribution < 1.29 is 9.13 Å². The largest absolute Gasteiger partial charge is 0.383 e. The van der Waals surface area contributed by atoms with Crippen LogP contribution >= 0.6 is 0 Å². The van der Waals surface area contributed by atoms with Gasteiger partial charge in [0.25, 0.3) is 0 Å². The van der Waals surface area contributed by atoms with Gasteiger partial charge in [0, 0.05) is 32.4 Å². The van der Waals surface area contributed by atoms with Gasteiger partial charge in [-0.3, -0.25) is 4.90 Å². The van der Waals surface area contributed by atoms with E-state index in [0.29, 0.717) is 12.6 Å². The van der Waals surface area contributed by atoms with Crippen LogP contribution in [0.25, 0.3) is 0 Å². The molecule has 5 heteroatoms. The van der Waals surface area contributed by atoms with Crippen molar-refractivity contribution in [2.24, 2.45) is 0 Å². The SMILES string of the molecule is COCCn1cncc1CN1CCCC[C@H]1c1ccc(F)cc1. The van der Waals surface area contributed by atoms with Crippen LogP contribution in [0.15, 0.2) is 36.8 Å². The van der Waals surface area contributed by atoms with Gasteiger partial charge in [-0.1, -0.05) is 18.6 Å². The van der Waals surface area contributed by atoms with Gasteiger partial charge in [-0.15, -0.1) is 0 Å². The molecule has 0 amide bonds. The van der Waals surface area contributed by atoms with E-state index in [1.807, 2.05) is 24.7 Å². The van der Waals surface area contributed by atoms with Crippen LogP contribution in [0, 0.1) is 5.82 Å². The molecule has 2 aromatic rings. The molecule has 1 aromatic carbocycles. The minimum atomic E-state index is -0.172. The first-order valence-electron chi connectivity index (χ1n) is 8.25. The van der Waals surface area contributed by atoms with E-state index in [2.05, 4.69) is 14.5 Å². The third-order valence-electron chi connectivity index (χ3n) is 4.57. The molecule has 1 aliphatic heterocycles. The second-order valence-corrected chi connectivity index (χ2v) is 6.10. The van der Waals surface area contributed by atoms with E-state index in [-0.39, 0.29) is 5.82 Å². The van der Waals surface area contributed by atoms with Crippen LogP contribution in [0.4, 0.5) is 4.39 Å². The molecule has 3 rings (SSSR count). The fourth-order valence-electron chi connectivity index (χ4n) is 3.32. The number of aromatic nitrogens is 2. The molecule has 0 bridgehead atoms. The third-order valence-corrected chi connectivity index (χ3v) is 4.57. The molecule has 1 aliphatic rings. The number of benzene rings is 1. The van der Waals surface area contributed by atoms with Gasteiger partial charge in [-0.2, -0.15) is 0 Å². The monoisotopic (exact) mass is 317 g/mol. The molecule has 0 N–H and O–H groups in total. The molecule has 0 radical (unpaired) electrons. The summed E-state index contributed by atoms with van der Waals surface area (Å²) in [6.45, 7) is 3.44. The molecule has 1 aromatic heterocycles. The van der Waals surface area contributed by atoms with Crippen LogP contribution in [-0.2, 0) is 17.8 Å². The quantitative estimate of drug-likeness (QED) is 0.818. The highest BCUT2D eigenvalue weighted by Crippen LogP contribution is 2.32. The summed E-state index contributed by atoms with van der Waals surface area (Å²) < 4.78 is 20.5. The van der Waals surface area contributed by atoms with Gasteiger partial charge in [0.15, 0.2) is 0 Å². The molecule has 23 heavy (non-hydrogen) atoms. The van der Waals surface area contributed by atoms with Gasteiger partial charge < -0.3 is 9.30 Å². The standard InChI is InChI=1S/C18H24FN3O/c1-23-11-10-22-14-20-12-17(22)13-21-9-3-2-4-18(21)15-5-7-16(19)8-6-15/h5-8,12,14,18H,2-4,9-11,13H2,1H3/t18-/m0/s1. The smallest absolute Gasteiger partial charge is 0.123 e. The Morgan fingerprint density at radius 2 is 2.09 bits per heavy atom. The summed E-state index contributed by atoms with van der Waals surface area (Å²) in [5, 5.41) is 0. The molecule has 0 spiro atoms. The van der Waals surface area contributed by atoms with Crippen LogP contribution in [0.3, 0.4) is 0 Å². The van der Waals surface area contributed by atoms with Gasteiger partial charge in [0.1, 0.15) is 5.82 Å². The van der Waals surface area contributed by atoms with E-state index in [9.17, 15) is 4.39 Å². The number of likely N-dealkylation sites (tertiary alicyclic amines) is 1. The Labute approximate surface area is 136 Å². The van der Waals surface area contributed by atoms with Gasteiger partial charge >= 0.3 is 0 Å². The highest BCUT2D eigenvalue weighted by molar-refractivity contribution is 5.20. The van der Waals surface area contributed by atoms with Gasteiger partial charge in [-0.05, 0) is 37.1 Å². The number of nitrogens with zero attached hydrogens (tertiary/aromatic N) is 3. The van der Waals surface area contributed by atoms with Crippen molar-refractivity contribution >= 4 is 0 Å². The van der Waals surface area contributed by atoms with Crippen LogP contribution < -0.4 is 0 Å². The zero-order valence-electron chi connectivity index (χ0n) is 13.6. The summed E-state index contributed by atoms with van der Waals surface area (Å²) in [4.78, 5) is 6.76. The maximum atomic E-state index is 13.2. The first kappa shape index (κ1) is 16.1. The molecule has 2 heterocycles. The highest BCUT2D eigenvalue weighted by atomic mass is 19.1. The normalized spacial score (nSPS) is 19.1. The van der Waals surface area contributed by atoms with E-state index in [1.165, 1.54) is 24.1 Å². The predicted octanol–water partition coefficient (Wildman–Crippen LogP) is 3.40. The lowest BCUT2D eigenvalue weighted by Crippen LogP contribution is -2.33. The lowest BCUT2D eigenvalue weighted by atomic mass is 9.95. The number of methoxy groups -OCH3 is 1. The minimum absolute atomic E-state index is 0.172. The number of rotatable bonds is 6. The Hall–Kier alpha value is -1.72. The first-order valence-corrected chi connectivity index (χ1v) is 8.25. The Balaban J connectivity index is 1.74. The summed E-state index contributed by atoms with van der Waals surface area (Å²) >= 11 is 0. The van der Waals surface area contributed by atoms with Crippen LogP contribution in [0.5, 0.6) is 0 Å². The van der Waals surface area contributed by atoms with Crippen LogP contribution in [0.2, 0.25) is 0 Å². The second-order valence-electron chi connectivity index (χ2n) is 6.10. The van der Waals surface area contributed by atoms with E-state index in [4.69, 9.17) is 4.74 Å². The number of imidazole rings is 1. The highest BCUT2D eigenvalue weighted by Gasteiger charge is 2.24. The summed E-state index contributed by atoms with van der Waals surface area (Å²) in [5.41, 5.74) is 2.41. The molecule has 0 aliphatic carbocycles. The summed E-state index contributed by atoms with van der Waals surface area (Å²) in [6, 6.07) is 7.31. The number of halogens is 1.